The Labute approximate surface area is 122 Å². The summed E-state index contributed by atoms with van der Waals surface area (Å²) in [5, 5.41) is 6.92. The van der Waals surface area contributed by atoms with E-state index in [0.29, 0.717) is 0 Å². The van der Waals surface area contributed by atoms with E-state index >= 15 is 0 Å². The zero-order chi connectivity index (χ0) is 13.1. The van der Waals surface area contributed by atoms with Gasteiger partial charge in [-0.3, -0.25) is 0 Å². The normalized spacial score (nSPS) is 12.7. The van der Waals surface area contributed by atoms with E-state index in [2.05, 4.69) is 23.7 Å². The Balaban J connectivity index is 2.29. The third kappa shape index (κ3) is 2.89. The third-order valence-corrected chi connectivity index (χ3v) is 4.88. The maximum absolute atomic E-state index is 6.22. The summed E-state index contributed by atoms with van der Waals surface area (Å²) in [5.41, 5.74) is 2.32. The molecule has 0 aliphatic rings. The minimum Gasteiger partial charge on any atom is -0.312 e. The van der Waals surface area contributed by atoms with Gasteiger partial charge in [0.15, 0.2) is 0 Å². The Morgan fingerprint density at radius 2 is 1.89 bits per heavy atom. The summed E-state index contributed by atoms with van der Waals surface area (Å²) in [6.45, 7) is 2.13. The van der Waals surface area contributed by atoms with Gasteiger partial charge in [-0.05, 0) is 55.1 Å². The molecule has 0 aliphatic heterocycles. The lowest BCUT2D eigenvalue weighted by Crippen LogP contribution is -2.18. The SMILES string of the molecule is CNC(Cc1c(Cl)cccc1Cl)c1sccc1C. The van der Waals surface area contributed by atoms with Gasteiger partial charge in [0.1, 0.15) is 0 Å². The number of halogens is 2. The van der Waals surface area contributed by atoms with E-state index in [4.69, 9.17) is 23.2 Å². The topological polar surface area (TPSA) is 12.0 Å². The number of aryl methyl sites for hydroxylation is 1. The Hall–Kier alpha value is -0.540. The van der Waals surface area contributed by atoms with Crippen LogP contribution in [0.1, 0.15) is 22.0 Å². The molecule has 2 rings (SSSR count). The lowest BCUT2D eigenvalue weighted by Gasteiger charge is -2.17. The fraction of sp³-hybridized carbons (Fsp3) is 0.286. The predicted molar refractivity (Wildman–Crippen MR) is 81.0 cm³/mol. The molecule has 1 unspecified atom stereocenters. The lowest BCUT2D eigenvalue weighted by atomic mass is 10.0. The molecule has 1 heterocycles. The quantitative estimate of drug-likeness (QED) is 0.849. The zero-order valence-corrected chi connectivity index (χ0v) is 12.7. The van der Waals surface area contributed by atoms with Crippen molar-refractivity contribution in [3.63, 3.8) is 0 Å². The fourth-order valence-electron chi connectivity index (χ4n) is 2.00. The Morgan fingerprint density at radius 3 is 2.39 bits per heavy atom. The van der Waals surface area contributed by atoms with Crippen LogP contribution < -0.4 is 5.32 Å². The molecule has 0 aliphatic carbocycles. The smallest absolute Gasteiger partial charge is 0.0456 e. The van der Waals surface area contributed by atoms with Crippen LogP contribution in [0.2, 0.25) is 10.0 Å². The van der Waals surface area contributed by atoms with Crippen LogP contribution in [-0.4, -0.2) is 7.05 Å². The van der Waals surface area contributed by atoms with E-state index in [-0.39, 0.29) is 6.04 Å². The molecule has 0 saturated carbocycles. The van der Waals surface area contributed by atoms with Crippen molar-refractivity contribution in [2.75, 3.05) is 7.05 Å². The van der Waals surface area contributed by atoms with Gasteiger partial charge >= 0.3 is 0 Å². The van der Waals surface area contributed by atoms with Crippen LogP contribution in [0, 0.1) is 6.92 Å². The average molecular weight is 300 g/mol. The molecule has 1 atom stereocenters. The molecule has 1 aromatic heterocycles. The molecule has 1 aromatic carbocycles. The van der Waals surface area contributed by atoms with Crippen LogP contribution in [0.3, 0.4) is 0 Å². The second-order valence-corrected chi connectivity index (χ2v) is 5.98. The molecule has 1 nitrogen and oxygen atoms in total. The second-order valence-electron chi connectivity index (χ2n) is 4.21. The van der Waals surface area contributed by atoms with Gasteiger partial charge in [0.25, 0.3) is 0 Å². The Bertz CT molecular complexity index is 516. The monoisotopic (exact) mass is 299 g/mol. The highest BCUT2D eigenvalue weighted by molar-refractivity contribution is 7.10. The van der Waals surface area contributed by atoms with Crippen LogP contribution in [0.4, 0.5) is 0 Å². The molecule has 0 spiro atoms. The number of hydrogen-bond acceptors (Lipinski definition) is 2. The van der Waals surface area contributed by atoms with Crippen molar-refractivity contribution in [1.82, 2.24) is 5.32 Å². The summed E-state index contributed by atoms with van der Waals surface area (Å²) in [4.78, 5) is 1.34. The maximum atomic E-state index is 6.22. The summed E-state index contributed by atoms with van der Waals surface area (Å²) in [6.07, 6.45) is 0.802. The van der Waals surface area contributed by atoms with E-state index < -0.39 is 0 Å². The number of thiophene rings is 1. The summed E-state index contributed by atoms with van der Waals surface area (Å²) >= 11 is 14.2. The van der Waals surface area contributed by atoms with Gasteiger partial charge in [0, 0.05) is 21.0 Å². The molecule has 0 fully saturated rings. The van der Waals surface area contributed by atoms with Gasteiger partial charge in [-0.2, -0.15) is 0 Å². The molecule has 0 amide bonds. The van der Waals surface area contributed by atoms with Gasteiger partial charge in [-0.1, -0.05) is 29.3 Å². The highest BCUT2D eigenvalue weighted by Crippen LogP contribution is 2.32. The first-order chi connectivity index (χ1) is 8.63. The van der Waals surface area contributed by atoms with Gasteiger partial charge in [0.2, 0.25) is 0 Å². The minimum absolute atomic E-state index is 0.252. The number of benzene rings is 1. The number of rotatable bonds is 4. The molecule has 4 heteroatoms. The highest BCUT2D eigenvalue weighted by atomic mass is 35.5. The van der Waals surface area contributed by atoms with Gasteiger partial charge in [-0.25, -0.2) is 0 Å². The first-order valence-electron chi connectivity index (χ1n) is 5.77. The first-order valence-corrected chi connectivity index (χ1v) is 7.41. The van der Waals surface area contributed by atoms with Gasteiger partial charge < -0.3 is 5.32 Å². The molecule has 2 aromatic rings. The Kier molecular flexibility index (Phi) is 4.68. The zero-order valence-electron chi connectivity index (χ0n) is 10.3. The summed E-state index contributed by atoms with van der Waals surface area (Å²) < 4.78 is 0. The van der Waals surface area contributed by atoms with Crippen molar-refractivity contribution in [1.29, 1.82) is 0 Å². The molecule has 0 radical (unpaired) electrons. The maximum Gasteiger partial charge on any atom is 0.0456 e. The first kappa shape index (κ1) is 13.9. The average Bonchev–Trinajstić information content (AvgIpc) is 2.76. The summed E-state index contributed by atoms with van der Waals surface area (Å²) in [6, 6.07) is 8.03. The molecule has 1 N–H and O–H groups in total. The van der Waals surface area contributed by atoms with Crippen LogP contribution in [-0.2, 0) is 6.42 Å². The van der Waals surface area contributed by atoms with Crippen LogP contribution in [0.25, 0.3) is 0 Å². The second kappa shape index (κ2) is 6.07. The number of hydrogen-bond donors (Lipinski definition) is 1. The van der Waals surface area contributed by atoms with Crippen molar-refractivity contribution < 1.29 is 0 Å². The van der Waals surface area contributed by atoms with E-state index in [1.54, 1.807) is 11.3 Å². The number of nitrogens with one attached hydrogen (secondary N) is 1. The summed E-state index contributed by atoms with van der Waals surface area (Å²) in [5.74, 6) is 0. The van der Waals surface area contributed by atoms with E-state index in [1.807, 2.05) is 25.2 Å². The molecule has 0 saturated heterocycles. The van der Waals surface area contributed by atoms with Crippen molar-refractivity contribution in [2.45, 2.75) is 19.4 Å². The van der Waals surface area contributed by atoms with Crippen molar-refractivity contribution in [3.05, 3.63) is 55.7 Å². The largest absolute Gasteiger partial charge is 0.312 e. The van der Waals surface area contributed by atoms with Crippen molar-refractivity contribution in [2.24, 2.45) is 0 Å². The van der Waals surface area contributed by atoms with E-state index in [0.717, 1.165) is 22.0 Å². The predicted octanol–water partition coefficient (Wildman–Crippen LogP) is 4.87. The molecule has 96 valence electrons. The summed E-state index contributed by atoms with van der Waals surface area (Å²) in [7, 11) is 1.97. The third-order valence-electron chi connectivity index (χ3n) is 3.04. The van der Waals surface area contributed by atoms with Crippen molar-refractivity contribution in [3.8, 4) is 0 Å². The van der Waals surface area contributed by atoms with E-state index in [9.17, 15) is 0 Å². The van der Waals surface area contributed by atoms with Crippen LogP contribution in [0.15, 0.2) is 29.6 Å². The Morgan fingerprint density at radius 1 is 1.22 bits per heavy atom. The fourth-order valence-corrected chi connectivity index (χ4v) is 3.59. The molecular formula is C14H15Cl2NS. The van der Waals surface area contributed by atoms with Crippen molar-refractivity contribution >= 4 is 34.5 Å². The van der Waals surface area contributed by atoms with Crippen LogP contribution in [0.5, 0.6) is 0 Å². The number of likely N-dealkylation sites (N-methyl/N-ethyl adjacent to an activating group) is 1. The minimum atomic E-state index is 0.252. The van der Waals surface area contributed by atoms with Crippen LogP contribution >= 0.6 is 34.5 Å². The highest BCUT2D eigenvalue weighted by Gasteiger charge is 2.17. The standard InChI is InChI=1S/C14H15Cl2NS/c1-9-6-7-18-14(9)13(17-2)8-10-11(15)4-3-5-12(10)16/h3-7,13,17H,8H2,1-2H3. The molecule has 18 heavy (non-hydrogen) atoms. The van der Waals surface area contributed by atoms with E-state index in [1.165, 1.54) is 10.4 Å². The lowest BCUT2D eigenvalue weighted by molar-refractivity contribution is 0.599. The molecular weight excluding hydrogens is 285 g/mol. The molecule has 0 bridgehead atoms. The van der Waals surface area contributed by atoms with Gasteiger partial charge in [0.05, 0.1) is 0 Å². The van der Waals surface area contributed by atoms with Gasteiger partial charge in [-0.15, -0.1) is 11.3 Å².